The van der Waals surface area contributed by atoms with E-state index in [1.165, 1.54) is 14.0 Å². The van der Waals surface area contributed by atoms with E-state index in [9.17, 15) is 13.2 Å². The molecule has 1 N–H and O–H groups in total. The second kappa shape index (κ2) is 5.71. The van der Waals surface area contributed by atoms with E-state index in [0.717, 1.165) is 9.87 Å². The Balaban J connectivity index is 3.06. The summed E-state index contributed by atoms with van der Waals surface area (Å²) in [7, 11) is -2.25. The molecular weight excluding hydrogens is 266 g/mol. The molecule has 1 aromatic carbocycles. The SMILES string of the molecule is Cc1ccc(S(=O)(=O)N(C)CC(C)C(=O)O)c(C)c1. The molecule has 0 bridgehead atoms. The van der Waals surface area contributed by atoms with Gasteiger partial charge < -0.3 is 5.11 Å². The third kappa shape index (κ3) is 3.54. The van der Waals surface area contributed by atoms with Crippen molar-refractivity contribution in [1.82, 2.24) is 4.31 Å². The van der Waals surface area contributed by atoms with E-state index < -0.39 is 21.9 Å². The van der Waals surface area contributed by atoms with Crippen molar-refractivity contribution in [2.75, 3.05) is 13.6 Å². The number of carboxylic acid groups (broad SMARTS) is 1. The molecule has 0 saturated carbocycles. The zero-order valence-corrected chi connectivity index (χ0v) is 12.4. The molecule has 0 amide bonds. The molecule has 0 saturated heterocycles. The van der Waals surface area contributed by atoms with Gasteiger partial charge in [-0.25, -0.2) is 12.7 Å². The van der Waals surface area contributed by atoms with Crippen LogP contribution in [0.25, 0.3) is 0 Å². The number of sulfonamides is 1. The molecule has 0 aliphatic rings. The largest absolute Gasteiger partial charge is 0.481 e. The van der Waals surface area contributed by atoms with Crippen molar-refractivity contribution in [2.24, 2.45) is 5.92 Å². The topological polar surface area (TPSA) is 74.7 Å². The normalized spacial score (nSPS) is 13.5. The molecule has 0 heterocycles. The first-order chi connectivity index (χ1) is 8.66. The van der Waals surface area contributed by atoms with Gasteiger partial charge in [-0.2, -0.15) is 0 Å². The molecule has 1 unspecified atom stereocenters. The Labute approximate surface area is 113 Å². The Morgan fingerprint density at radius 2 is 1.95 bits per heavy atom. The summed E-state index contributed by atoms with van der Waals surface area (Å²) < 4.78 is 25.8. The first-order valence-electron chi connectivity index (χ1n) is 5.92. The van der Waals surface area contributed by atoms with E-state index in [2.05, 4.69) is 0 Å². The van der Waals surface area contributed by atoms with Gasteiger partial charge in [0.1, 0.15) is 0 Å². The summed E-state index contributed by atoms with van der Waals surface area (Å²) in [4.78, 5) is 11.0. The fourth-order valence-corrected chi connectivity index (χ4v) is 3.28. The van der Waals surface area contributed by atoms with Gasteiger partial charge in [0.25, 0.3) is 0 Å². The Morgan fingerprint density at radius 3 is 2.42 bits per heavy atom. The first-order valence-corrected chi connectivity index (χ1v) is 7.36. The number of carbonyl (C=O) groups is 1. The molecule has 0 radical (unpaired) electrons. The number of benzene rings is 1. The number of hydrogen-bond donors (Lipinski definition) is 1. The van der Waals surface area contributed by atoms with Crippen LogP contribution in [-0.2, 0) is 14.8 Å². The van der Waals surface area contributed by atoms with Gasteiger partial charge in [-0.1, -0.05) is 24.6 Å². The van der Waals surface area contributed by atoms with Crippen molar-refractivity contribution in [3.63, 3.8) is 0 Å². The lowest BCUT2D eigenvalue weighted by atomic mass is 10.2. The lowest BCUT2D eigenvalue weighted by Crippen LogP contribution is -2.34. The number of aliphatic carboxylic acids is 1. The first kappa shape index (κ1) is 15.7. The van der Waals surface area contributed by atoms with Crippen LogP contribution in [0, 0.1) is 19.8 Å². The zero-order valence-electron chi connectivity index (χ0n) is 11.5. The highest BCUT2D eigenvalue weighted by Crippen LogP contribution is 2.20. The van der Waals surface area contributed by atoms with Crippen LogP contribution < -0.4 is 0 Å². The van der Waals surface area contributed by atoms with E-state index >= 15 is 0 Å². The number of rotatable bonds is 5. The highest BCUT2D eigenvalue weighted by molar-refractivity contribution is 7.89. The molecule has 1 atom stereocenters. The van der Waals surface area contributed by atoms with Gasteiger partial charge in [0, 0.05) is 13.6 Å². The van der Waals surface area contributed by atoms with E-state index in [1.54, 1.807) is 25.1 Å². The van der Waals surface area contributed by atoms with Crippen molar-refractivity contribution < 1.29 is 18.3 Å². The predicted octanol–water partition coefficient (Wildman–Crippen LogP) is 1.64. The Bertz CT molecular complexity index is 580. The Kier molecular flexibility index (Phi) is 4.70. The van der Waals surface area contributed by atoms with Gasteiger partial charge in [0.15, 0.2) is 0 Å². The molecular formula is C13H19NO4S. The molecule has 0 aromatic heterocycles. The third-order valence-corrected chi connectivity index (χ3v) is 4.95. The van der Waals surface area contributed by atoms with Crippen LogP contribution >= 0.6 is 0 Å². The van der Waals surface area contributed by atoms with Crippen LogP contribution in [0.1, 0.15) is 18.1 Å². The van der Waals surface area contributed by atoms with Crippen LogP contribution in [-0.4, -0.2) is 37.4 Å². The average Bonchev–Trinajstić information content (AvgIpc) is 2.27. The smallest absolute Gasteiger partial charge is 0.307 e. The monoisotopic (exact) mass is 285 g/mol. The van der Waals surface area contributed by atoms with Gasteiger partial charge >= 0.3 is 5.97 Å². The summed E-state index contributed by atoms with van der Waals surface area (Å²) in [6.45, 7) is 5.05. The summed E-state index contributed by atoms with van der Waals surface area (Å²) in [5.74, 6) is -1.76. The van der Waals surface area contributed by atoms with Crippen LogP contribution in [0.15, 0.2) is 23.1 Å². The predicted molar refractivity (Wildman–Crippen MR) is 72.5 cm³/mol. The Morgan fingerprint density at radius 1 is 1.37 bits per heavy atom. The average molecular weight is 285 g/mol. The maximum atomic E-state index is 12.4. The Hall–Kier alpha value is -1.40. The molecule has 6 heteroatoms. The minimum Gasteiger partial charge on any atom is -0.481 e. The van der Waals surface area contributed by atoms with Gasteiger partial charge in [0.2, 0.25) is 10.0 Å². The van der Waals surface area contributed by atoms with Gasteiger partial charge in [-0.05, 0) is 25.5 Å². The third-order valence-electron chi connectivity index (χ3n) is 2.97. The highest BCUT2D eigenvalue weighted by Gasteiger charge is 2.25. The van der Waals surface area contributed by atoms with Gasteiger partial charge in [-0.15, -0.1) is 0 Å². The second-order valence-corrected chi connectivity index (χ2v) is 6.81. The number of carboxylic acids is 1. The molecule has 0 aliphatic heterocycles. The summed E-state index contributed by atoms with van der Waals surface area (Å²) in [5, 5.41) is 8.84. The molecule has 1 rings (SSSR count). The fourth-order valence-electron chi connectivity index (χ4n) is 1.82. The number of nitrogens with zero attached hydrogens (tertiary/aromatic N) is 1. The molecule has 0 fully saturated rings. The standard InChI is InChI=1S/C13H19NO4S/c1-9-5-6-12(10(2)7-9)19(17,18)14(4)8-11(3)13(15)16/h5-7,11H,8H2,1-4H3,(H,15,16). The van der Waals surface area contributed by atoms with Crippen molar-refractivity contribution in [1.29, 1.82) is 0 Å². The van der Waals surface area contributed by atoms with E-state index in [4.69, 9.17) is 5.11 Å². The maximum absolute atomic E-state index is 12.4. The van der Waals surface area contributed by atoms with Crippen LogP contribution in [0.2, 0.25) is 0 Å². The van der Waals surface area contributed by atoms with E-state index in [-0.39, 0.29) is 11.4 Å². The van der Waals surface area contributed by atoms with Crippen molar-refractivity contribution >= 4 is 16.0 Å². The van der Waals surface area contributed by atoms with E-state index in [1.807, 2.05) is 6.92 Å². The minimum atomic E-state index is -3.64. The minimum absolute atomic E-state index is 0.0506. The number of hydrogen-bond acceptors (Lipinski definition) is 3. The lowest BCUT2D eigenvalue weighted by molar-refractivity contribution is -0.141. The van der Waals surface area contributed by atoms with E-state index in [0.29, 0.717) is 5.56 Å². The van der Waals surface area contributed by atoms with Crippen molar-refractivity contribution in [3.05, 3.63) is 29.3 Å². The molecule has 106 valence electrons. The second-order valence-electron chi connectivity index (χ2n) is 4.79. The van der Waals surface area contributed by atoms with Gasteiger partial charge in [0.05, 0.1) is 10.8 Å². The molecule has 19 heavy (non-hydrogen) atoms. The van der Waals surface area contributed by atoms with Crippen molar-refractivity contribution in [3.8, 4) is 0 Å². The highest BCUT2D eigenvalue weighted by atomic mass is 32.2. The summed E-state index contributed by atoms with van der Waals surface area (Å²) >= 11 is 0. The van der Waals surface area contributed by atoms with Crippen molar-refractivity contribution in [2.45, 2.75) is 25.7 Å². The van der Waals surface area contributed by atoms with Crippen LogP contribution in [0.5, 0.6) is 0 Å². The maximum Gasteiger partial charge on any atom is 0.307 e. The molecule has 1 aromatic rings. The van der Waals surface area contributed by atoms with Gasteiger partial charge in [-0.3, -0.25) is 4.79 Å². The van der Waals surface area contributed by atoms with Crippen LogP contribution in [0.4, 0.5) is 0 Å². The summed E-state index contributed by atoms with van der Waals surface area (Å²) in [6, 6.07) is 5.08. The number of aryl methyl sites for hydroxylation is 2. The molecule has 0 spiro atoms. The molecule has 5 nitrogen and oxygen atoms in total. The quantitative estimate of drug-likeness (QED) is 0.892. The summed E-state index contributed by atoms with van der Waals surface area (Å²) in [6.07, 6.45) is 0. The zero-order chi connectivity index (χ0) is 14.8. The fraction of sp³-hybridized carbons (Fsp3) is 0.462. The van der Waals surface area contributed by atoms with Crippen LogP contribution in [0.3, 0.4) is 0 Å². The molecule has 0 aliphatic carbocycles. The summed E-state index contributed by atoms with van der Waals surface area (Å²) in [5.41, 5.74) is 1.65. The lowest BCUT2D eigenvalue weighted by Gasteiger charge is -2.20.